The number of carbonyl (C=O) groups excluding carboxylic acids is 1. The van der Waals surface area contributed by atoms with E-state index in [0.29, 0.717) is 5.69 Å². The molecule has 112 valence electrons. The van der Waals surface area contributed by atoms with E-state index in [0.717, 1.165) is 10.9 Å². The number of urea groups is 1. The minimum atomic E-state index is -0.917. The molecule has 1 unspecified atom stereocenters. The average molecular weight is 289 g/mol. The molecule has 0 aliphatic rings. The Kier molecular flexibility index (Phi) is 4.16. The van der Waals surface area contributed by atoms with Crippen LogP contribution in [0.3, 0.4) is 0 Å². The van der Waals surface area contributed by atoms with Crippen molar-refractivity contribution in [2.45, 2.75) is 6.92 Å². The molecular formula is C15H19N3O3. The van der Waals surface area contributed by atoms with Crippen molar-refractivity contribution in [1.29, 1.82) is 0 Å². The number of hydrogen-bond acceptors (Lipinski definition) is 2. The van der Waals surface area contributed by atoms with E-state index in [1.165, 1.54) is 4.90 Å². The van der Waals surface area contributed by atoms with Gasteiger partial charge in [0.15, 0.2) is 0 Å². The number of nitrogens with one attached hydrogen (secondary N) is 1. The van der Waals surface area contributed by atoms with Crippen molar-refractivity contribution < 1.29 is 14.7 Å². The van der Waals surface area contributed by atoms with Crippen LogP contribution in [0.1, 0.15) is 6.92 Å². The summed E-state index contributed by atoms with van der Waals surface area (Å²) in [7, 11) is 3.49. The van der Waals surface area contributed by atoms with Gasteiger partial charge in [-0.1, -0.05) is 19.1 Å². The van der Waals surface area contributed by atoms with Crippen LogP contribution in [-0.4, -0.2) is 40.2 Å². The zero-order chi connectivity index (χ0) is 15.6. The van der Waals surface area contributed by atoms with Crippen LogP contribution in [0.2, 0.25) is 0 Å². The maximum atomic E-state index is 12.2. The van der Waals surface area contributed by atoms with E-state index in [-0.39, 0.29) is 12.6 Å². The Labute approximate surface area is 123 Å². The number of carboxylic acid groups (broad SMARTS) is 1. The maximum Gasteiger partial charge on any atom is 0.321 e. The third kappa shape index (κ3) is 3.16. The second kappa shape index (κ2) is 5.87. The average Bonchev–Trinajstić information content (AvgIpc) is 2.81. The highest BCUT2D eigenvalue weighted by Gasteiger charge is 2.18. The van der Waals surface area contributed by atoms with Crippen molar-refractivity contribution in [2.75, 3.05) is 18.9 Å². The van der Waals surface area contributed by atoms with Crippen LogP contribution in [0, 0.1) is 5.92 Å². The molecule has 1 aromatic carbocycles. The van der Waals surface area contributed by atoms with Crippen molar-refractivity contribution >= 4 is 28.6 Å². The third-order valence-corrected chi connectivity index (χ3v) is 3.46. The number of fused-ring (bicyclic) bond motifs is 1. The van der Waals surface area contributed by atoms with Crippen LogP contribution in [0.25, 0.3) is 10.9 Å². The summed E-state index contributed by atoms with van der Waals surface area (Å²) in [5.74, 6) is -1.52. The number of aromatic nitrogens is 1. The first-order valence-electron chi connectivity index (χ1n) is 6.69. The first-order valence-corrected chi connectivity index (χ1v) is 6.69. The predicted octanol–water partition coefficient (Wildman–Crippen LogP) is 2.36. The Balaban J connectivity index is 2.14. The van der Waals surface area contributed by atoms with Crippen molar-refractivity contribution in [3.8, 4) is 0 Å². The summed E-state index contributed by atoms with van der Waals surface area (Å²) in [4.78, 5) is 24.4. The number of anilines is 1. The highest BCUT2D eigenvalue weighted by atomic mass is 16.4. The van der Waals surface area contributed by atoms with Crippen molar-refractivity contribution in [3.05, 3.63) is 30.5 Å². The van der Waals surface area contributed by atoms with Crippen molar-refractivity contribution in [3.63, 3.8) is 0 Å². The van der Waals surface area contributed by atoms with Crippen LogP contribution in [-0.2, 0) is 11.8 Å². The second-order valence-corrected chi connectivity index (χ2v) is 5.22. The minimum Gasteiger partial charge on any atom is -0.481 e. The lowest BCUT2D eigenvalue weighted by Crippen LogP contribution is -2.36. The number of para-hydroxylation sites is 1. The molecule has 1 atom stereocenters. The Morgan fingerprint density at radius 2 is 2.10 bits per heavy atom. The summed E-state index contributed by atoms with van der Waals surface area (Å²) in [6, 6.07) is 7.33. The van der Waals surface area contributed by atoms with Crippen LogP contribution in [0.4, 0.5) is 10.5 Å². The highest BCUT2D eigenvalue weighted by molar-refractivity contribution is 6.00. The molecule has 2 rings (SSSR count). The van der Waals surface area contributed by atoms with Gasteiger partial charge in [0.2, 0.25) is 0 Å². The second-order valence-electron chi connectivity index (χ2n) is 5.22. The molecule has 2 amide bonds. The monoisotopic (exact) mass is 289 g/mol. The van der Waals surface area contributed by atoms with E-state index in [4.69, 9.17) is 5.11 Å². The summed E-state index contributed by atoms with van der Waals surface area (Å²) in [5, 5.41) is 12.8. The molecule has 2 aromatic rings. The van der Waals surface area contributed by atoms with E-state index >= 15 is 0 Å². The quantitative estimate of drug-likeness (QED) is 0.907. The number of benzene rings is 1. The molecule has 2 N–H and O–H groups in total. The summed E-state index contributed by atoms with van der Waals surface area (Å²) < 4.78 is 1.94. The van der Waals surface area contributed by atoms with Crippen molar-refractivity contribution in [1.82, 2.24) is 9.47 Å². The van der Waals surface area contributed by atoms with E-state index in [1.807, 2.05) is 42.1 Å². The number of rotatable bonds is 4. The molecule has 1 aromatic heterocycles. The zero-order valence-corrected chi connectivity index (χ0v) is 12.3. The number of hydrogen-bond donors (Lipinski definition) is 2. The summed E-state index contributed by atoms with van der Waals surface area (Å²) >= 11 is 0. The number of carboxylic acids is 1. The summed E-state index contributed by atoms with van der Waals surface area (Å²) in [5.41, 5.74) is 1.64. The highest BCUT2D eigenvalue weighted by Crippen LogP contribution is 2.24. The van der Waals surface area contributed by atoms with Crippen molar-refractivity contribution in [2.24, 2.45) is 13.0 Å². The van der Waals surface area contributed by atoms with Gasteiger partial charge in [-0.2, -0.15) is 0 Å². The van der Waals surface area contributed by atoms with Gasteiger partial charge in [0.1, 0.15) is 0 Å². The first kappa shape index (κ1) is 14.9. The molecule has 0 spiro atoms. The lowest BCUT2D eigenvalue weighted by atomic mass is 10.2. The van der Waals surface area contributed by atoms with Crippen LogP contribution in [0.15, 0.2) is 30.5 Å². The van der Waals surface area contributed by atoms with E-state index < -0.39 is 11.9 Å². The number of amides is 2. The van der Waals surface area contributed by atoms with Crippen LogP contribution < -0.4 is 5.32 Å². The molecule has 0 radical (unpaired) electrons. The van der Waals surface area contributed by atoms with Gasteiger partial charge in [0.25, 0.3) is 0 Å². The maximum absolute atomic E-state index is 12.2. The SMILES string of the molecule is CC(CN(C)C(=O)Nc1cccc2ccn(C)c12)C(=O)O. The number of aryl methyl sites for hydroxylation is 1. The molecule has 0 bridgehead atoms. The number of aliphatic carboxylic acids is 1. The normalized spacial score (nSPS) is 12.1. The summed E-state index contributed by atoms with van der Waals surface area (Å²) in [6.07, 6.45) is 1.93. The lowest BCUT2D eigenvalue weighted by molar-refractivity contribution is -0.141. The molecule has 0 saturated carbocycles. The standard InChI is InChI=1S/C15H19N3O3/c1-10(14(19)20)9-18(3)15(21)16-12-6-4-5-11-7-8-17(2)13(11)12/h4-8,10H,9H2,1-3H3,(H,16,21)(H,19,20). The molecular weight excluding hydrogens is 270 g/mol. The smallest absolute Gasteiger partial charge is 0.321 e. The molecule has 6 nitrogen and oxygen atoms in total. The van der Waals surface area contributed by atoms with E-state index in [1.54, 1.807) is 14.0 Å². The third-order valence-electron chi connectivity index (χ3n) is 3.46. The number of nitrogens with zero attached hydrogens (tertiary/aromatic N) is 2. The van der Waals surface area contributed by atoms with Crippen LogP contribution >= 0.6 is 0 Å². The largest absolute Gasteiger partial charge is 0.481 e. The Morgan fingerprint density at radius 3 is 2.76 bits per heavy atom. The molecule has 6 heteroatoms. The van der Waals surface area contributed by atoms with Gasteiger partial charge >= 0.3 is 12.0 Å². The van der Waals surface area contributed by atoms with Crippen LogP contribution in [0.5, 0.6) is 0 Å². The van der Waals surface area contributed by atoms with Gasteiger partial charge in [0.05, 0.1) is 17.1 Å². The summed E-state index contributed by atoms with van der Waals surface area (Å²) in [6.45, 7) is 1.73. The molecule has 0 fully saturated rings. The molecule has 0 aliphatic heterocycles. The van der Waals surface area contributed by atoms with Gasteiger partial charge in [-0.15, -0.1) is 0 Å². The molecule has 1 heterocycles. The van der Waals surface area contributed by atoms with E-state index in [9.17, 15) is 9.59 Å². The first-order chi connectivity index (χ1) is 9.90. The van der Waals surface area contributed by atoms with Gasteiger partial charge in [0, 0.05) is 32.2 Å². The predicted molar refractivity (Wildman–Crippen MR) is 81.4 cm³/mol. The van der Waals surface area contributed by atoms with Gasteiger partial charge in [-0.25, -0.2) is 4.79 Å². The Hall–Kier alpha value is -2.50. The minimum absolute atomic E-state index is 0.157. The van der Waals surface area contributed by atoms with E-state index in [2.05, 4.69) is 5.32 Å². The Bertz CT molecular complexity index is 678. The fraction of sp³-hybridized carbons (Fsp3) is 0.333. The lowest BCUT2D eigenvalue weighted by Gasteiger charge is -2.20. The van der Waals surface area contributed by atoms with Gasteiger partial charge in [-0.05, 0) is 12.1 Å². The van der Waals surface area contributed by atoms with Gasteiger partial charge in [-0.3, -0.25) is 4.79 Å². The van der Waals surface area contributed by atoms with Gasteiger partial charge < -0.3 is 19.9 Å². The fourth-order valence-electron chi connectivity index (χ4n) is 2.24. The molecule has 0 aliphatic carbocycles. The fourth-order valence-corrected chi connectivity index (χ4v) is 2.24. The Morgan fingerprint density at radius 1 is 1.38 bits per heavy atom. The molecule has 0 saturated heterocycles. The molecule has 21 heavy (non-hydrogen) atoms. The zero-order valence-electron chi connectivity index (χ0n) is 12.3. The topological polar surface area (TPSA) is 74.6 Å². The number of carbonyl (C=O) groups is 2.